The lowest BCUT2D eigenvalue weighted by Crippen LogP contribution is -2.41. The molecule has 1 saturated carbocycles. The molecule has 1 aliphatic carbocycles. The third-order valence-corrected chi connectivity index (χ3v) is 8.23. The number of amides is 1. The summed E-state index contributed by atoms with van der Waals surface area (Å²) in [7, 11) is 0. The molecule has 0 bridgehead atoms. The van der Waals surface area contributed by atoms with E-state index >= 15 is 0 Å². The largest absolute Gasteiger partial charge is 0.494 e. The van der Waals surface area contributed by atoms with Gasteiger partial charge < -0.3 is 19.5 Å². The number of benzene rings is 2. The van der Waals surface area contributed by atoms with E-state index in [1.54, 1.807) is 18.2 Å². The van der Waals surface area contributed by atoms with Crippen molar-refractivity contribution < 1.29 is 29.0 Å². The number of carboxylic acids is 1. The van der Waals surface area contributed by atoms with Crippen LogP contribution in [-0.4, -0.2) is 59.7 Å². The first kappa shape index (κ1) is 28.1. The fourth-order valence-corrected chi connectivity index (χ4v) is 5.98. The molecular formula is C32H40N2O6. The molecule has 0 radical (unpaired) electrons. The lowest BCUT2D eigenvalue weighted by atomic mass is 9.77. The SMILES string of the molecule is CCOc1cc(C(=O)O)c(C2CC2)cc1CN1CCC2(CC1)CC(=O)N(c1ccc(C(=O)OC(C)(C)C)cc1)C2. The van der Waals surface area contributed by atoms with E-state index in [0.29, 0.717) is 48.9 Å². The molecule has 3 fully saturated rings. The zero-order valence-electron chi connectivity index (χ0n) is 24.0. The minimum absolute atomic E-state index is 0.0630. The van der Waals surface area contributed by atoms with E-state index in [9.17, 15) is 19.5 Å². The number of piperidine rings is 1. The first-order valence-electron chi connectivity index (χ1n) is 14.4. The summed E-state index contributed by atoms with van der Waals surface area (Å²) in [5, 5.41) is 9.75. The van der Waals surface area contributed by atoms with Gasteiger partial charge in [0.05, 0.1) is 17.7 Å². The van der Waals surface area contributed by atoms with Crippen LogP contribution in [0.3, 0.4) is 0 Å². The van der Waals surface area contributed by atoms with Gasteiger partial charge in [-0.3, -0.25) is 9.69 Å². The van der Waals surface area contributed by atoms with E-state index in [-0.39, 0.29) is 17.3 Å². The van der Waals surface area contributed by atoms with Gasteiger partial charge in [0.1, 0.15) is 11.4 Å². The molecule has 214 valence electrons. The quantitative estimate of drug-likeness (QED) is 0.427. The number of carboxylic acid groups (broad SMARTS) is 1. The molecule has 1 N–H and O–H groups in total. The molecule has 0 unspecified atom stereocenters. The van der Waals surface area contributed by atoms with Gasteiger partial charge in [0.25, 0.3) is 0 Å². The van der Waals surface area contributed by atoms with Gasteiger partial charge in [0, 0.05) is 30.8 Å². The highest BCUT2D eigenvalue weighted by molar-refractivity contribution is 5.97. The predicted octanol–water partition coefficient (Wildman–Crippen LogP) is 5.64. The molecule has 3 aliphatic rings. The van der Waals surface area contributed by atoms with Crippen LogP contribution in [0.4, 0.5) is 5.69 Å². The number of carbonyl (C=O) groups is 3. The van der Waals surface area contributed by atoms with Crippen LogP contribution >= 0.6 is 0 Å². The average molecular weight is 549 g/mol. The number of likely N-dealkylation sites (tertiary alicyclic amines) is 1. The molecule has 2 aromatic carbocycles. The zero-order valence-corrected chi connectivity index (χ0v) is 24.0. The third-order valence-electron chi connectivity index (χ3n) is 8.23. The van der Waals surface area contributed by atoms with E-state index in [0.717, 1.165) is 55.6 Å². The van der Waals surface area contributed by atoms with E-state index in [2.05, 4.69) is 11.0 Å². The summed E-state index contributed by atoms with van der Waals surface area (Å²) in [5.74, 6) is -0.162. The highest BCUT2D eigenvalue weighted by atomic mass is 16.6. The molecule has 2 aliphatic heterocycles. The van der Waals surface area contributed by atoms with Gasteiger partial charge in [-0.15, -0.1) is 0 Å². The maximum Gasteiger partial charge on any atom is 0.338 e. The standard InChI is InChI=1S/C32H40N2O6/c1-5-39-27-17-26(29(36)37)25(21-6-7-21)16-23(27)19-33-14-12-32(13-15-33)18-28(35)34(20-32)24-10-8-22(9-11-24)30(38)40-31(2,3)4/h8-11,16-17,21H,5-7,12-15,18-20H2,1-4H3,(H,36,37). The molecule has 0 atom stereocenters. The van der Waals surface area contributed by atoms with Gasteiger partial charge in [0.2, 0.25) is 5.91 Å². The Labute approximate surface area is 236 Å². The molecule has 5 rings (SSSR count). The first-order valence-corrected chi connectivity index (χ1v) is 14.4. The van der Waals surface area contributed by atoms with Crippen LogP contribution in [0.25, 0.3) is 0 Å². The fourth-order valence-electron chi connectivity index (χ4n) is 5.98. The van der Waals surface area contributed by atoms with Crippen LogP contribution in [0, 0.1) is 5.41 Å². The van der Waals surface area contributed by atoms with Crippen molar-refractivity contribution in [3.8, 4) is 5.75 Å². The molecule has 2 saturated heterocycles. The van der Waals surface area contributed by atoms with Gasteiger partial charge in [-0.25, -0.2) is 9.59 Å². The van der Waals surface area contributed by atoms with Crippen LogP contribution in [-0.2, 0) is 16.1 Å². The Bertz CT molecular complexity index is 1280. The van der Waals surface area contributed by atoms with E-state index in [4.69, 9.17) is 9.47 Å². The fraction of sp³-hybridized carbons (Fsp3) is 0.531. The highest BCUT2D eigenvalue weighted by Crippen LogP contribution is 2.45. The maximum absolute atomic E-state index is 13.1. The monoisotopic (exact) mass is 548 g/mol. The summed E-state index contributed by atoms with van der Waals surface area (Å²) in [6, 6.07) is 10.9. The van der Waals surface area contributed by atoms with Crippen molar-refractivity contribution in [2.75, 3.05) is 31.1 Å². The number of ether oxygens (including phenoxy) is 2. The van der Waals surface area contributed by atoms with Crippen molar-refractivity contribution in [2.24, 2.45) is 5.41 Å². The summed E-state index contributed by atoms with van der Waals surface area (Å²) >= 11 is 0. The first-order chi connectivity index (χ1) is 19.0. The molecule has 2 heterocycles. The average Bonchev–Trinajstić information content (AvgIpc) is 3.69. The Morgan fingerprint density at radius 1 is 1.07 bits per heavy atom. The van der Waals surface area contributed by atoms with Gasteiger partial charge in [0.15, 0.2) is 0 Å². The molecule has 1 amide bonds. The normalized spacial score (nSPS) is 19.2. The van der Waals surface area contributed by atoms with Gasteiger partial charge in [-0.1, -0.05) is 0 Å². The summed E-state index contributed by atoms with van der Waals surface area (Å²) in [6.45, 7) is 11.0. The van der Waals surface area contributed by atoms with Crippen molar-refractivity contribution in [1.29, 1.82) is 0 Å². The van der Waals surface area contributed by atoms with Crippen molar-refractivity contribution in [1.82, 2.24) is 4.90 Å². The number of esters is 1. The topological polar surface area (TPSA) is 96.4 Å². The smallest absolute Gasteiger partial charge is 0.338 e. The van der Waals surface area contributed by atoms with Crippen LogP contribution in [0.5, 0.6) is 5.75 Å². The van der Waals surface area contributed by atoms with E-state index in [1.807, 2.05) is 44.7 Å². The Kier molecular flexibility index (Phi) is 7.66. The van der Waals surface area contributed by atoms with E-state index < -0.39 is 11.6 Å². The van der Waals surface area contributed by atoms with Crippen molar-refractivity contribution in [3.63, 3.8) is 0 Å². The molecule has 8 heteroatoms. The number of anilines is 1. The summed E-state index contributed by atoms with van der Waals surface area (Å²) < 4.78 is 11.3. The Hall–Kier alpha value is -3.39. The lowest BCUT2D eigenvalue weighted by molar-refractivity contribution is -0.118. The van der Waals surface area contributed by atoms with Crippen molar-refractivity contribution in [3.05, 3.63) is 58.7 Å². The minimum atomic E-state index is -0.899. The van der Waals surface area contributed by atoms with Crippen LogP contribution < -0.4 is 9.64 Å². The third kappa shape index (κ3) is 6.17. The molecule has 2 aromatic rings. The highest BCUT2D eigenvalue weighted by Gasteiger charge is 2.45. The Morgan fingerprint density at radius 2 is 1.75 bits per heavy atom. The molecule has 40 heavy (non-hydrogen) atoms. The molecule has 8 nitrogen and oxygen atoms in total. The zero-order chi connectivity index (χ0) is 28.7. The Balaban J connectivity index is 1.23. The maximum atomic E-state index is 13.1. The van der Waals surface area contributed by atoms with E-state index in [1.165, 1.54) is 0 Å². The van der Waals surface area contributed by atoms with Crippen LogP contribution in [0.1, 0.15) is 97.6 Å². The van der Waals surface area contributed by atoms with Gasteiger partial charge in [-0.05, 0) is 120 Å². The molecular weight excluding hydrogens is 508 g/mol. The number of hydrogen-bond acceptors (Lipinski definition) is 6. The number of nitrogens with zero attached hydrogens (tertiary/aromatic N) is 2. The minimum Gasteiger partial charge on any atom is -0.494 e. The second kappa shape index (κ2) is 10.9. The van der Waals surface area contributed by atoms with Crippen molar-refractivity contribution in [2.45, 2.75) is 77.9 Å². The molecule has 1 spiro atoms. The van der Waals surface area contributed by atoms with Crippen LogP contribution in [0.2, 0.25) is 0 Å². The Morgan fingerprint density at radius 3 is 2.33 bits per heavy atom. The number of rotatable bonds is 8. The second-order valence-corrected chi connectivity index (χ2v) is 12.5. The second-order valence-electron chi connectivity index (χ2n) is 12.5. The predicted molar refractivity (Wildman–Crippen MR) is 152 cm³/mol. The number of carbonyl (C=O) groups excluding carboxylic acids is 2. The summed E-state index contributed by atoms with van der Waals surface area (Å²) in [6.07, 6.45) is 4.43. The number of hydrogen-bond donors (Lipinski definition) is 1. The number of aromatic carboxylic acids is 1. The summed E-state index contributed by atoms with van der Waals surface area (Å²) in [5.41, 5.74) is 2.98. The van der Waals surface area contributed by atoms with Crippen LogP contribution in [0.15, 0.2) is 36.4 Å². The van der Waals surface area contributed by atoms with Gasteiger partial charge >= 0.3 is 11.9 Å². The van der Waals surface area contributed by atoms with Gasteiger partial charge in [-0.2, -0.15) is 0 Å². The lowest BCUT2D eigenvalue weighted by Gasteiger charge is -2.39. The molecule has 0 aromatic heterocycles. The van der Waals surface area contributed by atoms with Crippen molar-refractivity contribution >= 4 is 23.5 Å². The summed E-state index contributed by atoms with van der Waals surface area (Å²) in [4.78, 5) is 41.6.